The van der Waals surface area contributed by atoms with Crippen molar-refractivity contribution in [3.8, 4) is 0 Å². The molecule has 1 aliphatic carbocycles. The highest BCUT2D eigenvalue weighted by Gasteiger charge is 2.24. The SMILES string of the molecule is O=C(Nc1nnc(Cc2ccc(F)cc2)o1)C1CCCC1. The van der Waals surface area contributed by atoms with Crippen molar-refractivity contribution < 1.29 is 13.6 Å². The zero-order chi connectivity index (χ0) is 14.7. The van der Waals surface area contributed by atoms with Gasteiger partial charge in [0.15, 0.2) is 0 Å². The van der Waals surface area contributed by atoms with Gasteiger partial charge < -0.3 is 4.42 Å². The van der Waals surface area contributed by atoms with Crippen molar-refractivity contribution in [1.82, 2.24) is 10.2 Å². The Morgan fingerprint density at radius 2 is 1.95 bits per heavy atom. The molecule has 1 aliphatic rings. The van der Waals surface area contributed by atoms with E-state index in [0.717, 1.165) is 31.2 Å². The molecule has 5 nitrogen and oxygen atoms in total. The van der Waals surface area contributed by atoms with Crippen molar-refractivity contribution in [2.75, 3.05) is 5.32 Å². The molecule has 1 saturated carbocycles. The van der Waals surface area contributed by atoms with Crippen LogP contribution in [0.5, 0.6) is 0 Å². The number of anilines is 1. The Bertz CT molecular complexity index is 618. The van der Waals surface area contributed by atoms with E-state index in [0.29, 0.717) is 12.3 Å². The molecule has 0 radical (unpaired) electrons. The fraction of sp³-hybridized carbons (Fsp3) is 0.400. The zero-order valence-electron chi connectivity index (χ0n) is 11.5. The number of carbonyl (C=O) groups is 1. The molecule has 1 heterocycles. The van der Waals surface area contributed by atoms with E-state index in [1.165, 1.54) is 12.1 Å². The fourth-order valence-electron chi connectivity index (χ4n) is 2.55. The van der Waals surface area contributed by atoms with Crippen LogP contribution in [0.4, 0.5) is 10.4 Å². The van der Waals surface area contributed by atoms with Crippen LogP contribution in [-0.4, -0.2) is 16.1 Å². The Morgan fingerprint density at radius 3 is 2.67 bits per heavy atom. The predicted octanol–water partition coefficient (Wildman–Crippen LogP) is 2.93. The van der Waals surface area contributed by atoms with Gasteiger partial charge in [-0.05, 0) is 30.5 Å². The van der Waals surface area contributed by atoms with E-state index in [1.807, 2.05) is 0 Å². The first-order valence-electron chi connectivity index (χ1n) is 7.08. The largest absolute Gasteiger partial charge is 0.407 e. The van der Waals surface area contributed by atoms with Gasteiger partial charge in [0.05, 0.1) is 6.42 Å². The molecular formula is C15H16FN3O2. The van der Waals surface area contributed by atoms with Crippen LogP contribution in [0.3, 0.4) is 0 Å². The maximum absolute atomic E-state index is 12.8. The number of halogens is 1. The molecule has 1 fully saturated rings. The second kappa shape index (κ2) is 6.03. The fourth-order valence-corrected chi connectivity index (χ4v) is 2.55. The third-order valence-electron chi connectivity index (χ3n) is 3.69. The highest BCUT2D eigenvalue weighted by Crippen LogP contribution is 2.25. The summed E-state index contributed by atoms with van der Waals surface area (Å²) in [4.78, 5) is 11.9. The van der Waals surface area contributed by atoms with Crippen LogP contribution < -0.4 is 5.32 Å². The highest BCUT2D eigenvalue weighted by atomic mass is 19.1. The number of hydrogen-bond acceptors (Lipinski definition) is 4. The minimum Gasteiger partial charge on any atom is -0.407 e. The molecular weight excluding hydrogens is 273 g/mol. The third kappa shape index (κ3) is 3.45. The van der Waals surface area contributed by atoms with Gasteiger partial charge in [-0.25, -0.2) is 4.39 Å². The quantitative estimate of drug-likeness (QED) is 0.939. The smallest absolute Gasteiger partial charge is 0.322 e. The second-order valence-corrected chi connectivity index (χ2v) is 5.27. The van der Waals surface area contributed by atoms with Crippen molar-refractivity contribution >= 4 is 11.9 Å². The molecule has 2 aromatic rings. The number of hydrogen-bond donors (Lipinski definition) is 1. The van der Waals surface area contributed by atoms with Gasteiger partial charge in [0.25, 0.3) is 0 Å². The van der Waals surface area contributed by atoms with Crippen LogP contribution in [-0.2, 0) is 11.2 Å². The Morgan fingerprint density at radius 1 is 1.24 bits per heavy atom. The molecule has 1 amide bonds. The molecule has 0 bridgehead atoms. The summed E-state index contributed by atoms with van der Waals surface area (Å²) in [6, 6.07) is 6.22. The van der Waals surface area contributed by atoms with E-state index in [4.69, 9.17) is 4.42 Å². The second-order valence-electron chi connectivity index (χ2n) is 5.27. The lowest BCUT2D eigenvalue weighted by molar-refractivity contribution is -0.119. The number of carbonyl (C=O) groups excluding carboxylic acids is 1. The lowest BCUT2D eigenvalue weighted by Crippen LogP contribution is -2.20. The Kier molecular flexibility index (Phi) is 3.94. The third-order valence-corrected chi connectivity index (χ3v) is 3.69. The summed E-state index contributed by atoms with van der Waals surface area (Å²) in [5.41, 5.74) is 0.869. The van der Waals surface area contributed by atoms with Crippen LogP contribution in [0.2, 0.25) is 0 Å². The molecule has 0 unspecified atom stereocenters. The molecule has 3 rings (SSSR count). The molecule has 1 aromatic heterocycles. The summed E-state index contributed by atoms with van der Waals surface area (Å²) in [6.07, 6.45) is 4.44. The van der Waals surface area contributed by atoms with Gasteiger partial charge in [-0.1, -0.05) is 30.1 Å². The molecule has 0 spiro atoms. The Labute approximate surface area is 121 Å². The number of amides is 1. The number of nitrogens with one attached hydrogen (secondary N) is 1. The number of nitrogens with zero attached hydrogens (tertiary/aromatic N) is 2. The number of aromatic nitrogens is 2. The van der Waals surface area contributed by atoms with E-state index >= 15 is 0 Å². The first-order chi connectivity index (χ1) is 10.2. The monoisotopic (exact) mass is 289 g/mol. The maximum atomic E-state index is 12.8. The molecule has 0 atom stereocenters. The maximum Gasteiger partial charge on any atom is 0.322 e. The summed E-state index contributed by atoms with van der Waals surface area (Å²) in [5, 5.41) is 10.4. The van der Waals surface area contributed by atoms with E-state index in [2.05, 4.69) is 15.5 Å². The first kappa shape index (κ1) is 13.7. The van der Waals surface area contributed by atoms with Gasteiger partial charge in [-0.15, -0.1) is 5.10 Å². The van der Waals surface area contributed by atoms with Gasteiger partial charge in [-0.3, -0.25) is 10.1 Å². The molecule has 0 saturated heterocycles. The van der Waals surface area contributed by atoms with Crippen molar-refractivity contribution in [1.29, 1.82) is 0 Å². The van der Waals surface area contributed by atoms with Gasteiger partial charge in [0.1, 0.15) is 5.82 Å². The van der Waals surface area contributed by atoms with Crippen LogP contribution >= 0.6 is 0 Å². The zero-order valence-corrected chi connectivity index (χ0v) is 11.5. The van der Waals surface area contributed by atoms with Crippen molar-refractivity contribution in [2.24, 2.45) is 5.92 Å². The standard InChI is InChI=1S/C15H16FN3O2/c16-12-7-5-10(6-8-12)9-13-18-19-15(21-13)17-14(20)11-3-1-2-4-11/h5-8,11H,1-4,9H2,(H,17,19,20). The van der Waals surface area contributed by atoms with Gasteiger partial charge >= 0.3 is 6.01 Å². The Balaban J connectivity index is 1.60. The Hall–Kier alpha value is -2.24. The minimum atomic E-state index is -0.284. The van der Waals surface area contributed by atoms with Crippen LogP contribution in [0.15, 0.2) is 28.7 Å². The summed E-state index contributed by atoms with van der Waals surface area (Å²) in [5.74, 6) is 0.110. The summed E-state index contributed by atoms with van der Waals surface area (Å²) in [6.45, 7) is 0. The average Bonchev–Trinajstić information content (AvgIpc) is 3.13. The summed E-state index contributed by atoms with van der Waals surface area (Å²) in [7, 11) is 0. The normalized spacial score (nSPS) is 15.3. The van der Waals surface area contributed by atoms with E-state index in [1.54, 1.807) is 12.1 Å². The van der Waals surface area contributed by atoms with Gasteiger partial charge in [-0.2, -0.15) is 0 Å². The average molecular weight is 289 g/mol. The molecule has 110 valence electrons. The number of benzene rings is 1. The topological polar surface area (TPSA) is 68.0 Å². The highest BCUT2D eigenvalue weighted by molar-refractivity contribution is 5.90. The lowest BCUT2D eigenvalue weighted by atomic mass is 10.1. The molecule has 1 N–H and O–H groups in total. The van der Waals surface area contributed by atoms with Crippen molar-refractivity contribution in [3.05, 3.63) is 41.5 Å². The summed E-state index contributed by atoms with van der Waals surface area (Å²) < 4.78 is 18.2. The van der Waals surface area contributed by atoms with Crippen LogP contribution in [0.25, 0.3) is 0 Å². The first-order valence-corrected chi connectivity index (χ1v) is 7.08. The van der Waals surface area contributed by atoms with Gasteiger partial charge in [0, 0.05) is 5.92 Å². The predicted molar refractivity (Wildman–Crippen MR) is 74.1 cm³/mol. The van der Waals surface area contributed by atoms with Crippen LogP contribution in [0, 0.1) is 11.7 Å². The van der Waals surface area contributed by atoms with Gasteiger partial charge in [0.2, 0.25) is 11.8 Å². The van der Waals surface area contributed by atoms with E-state index in [9.17, 15) is 9.18 Å². The van der Waals surface area contributed by atoms with E-state index < -0.39 is 0 Å². The van der Waals surface area contributed by atoms with E-state index in [-0.39, 0.29) is 23.7 Å². The van der Waals surface area contributed by atoms with Crippen LogP contribution in [0.1, 0.15) is 37.1 Å². The number of rotatable bonds is 4. The molecule has 0 aliphatic heterocycles. The van der Waals surface area contributed by atoms with Crippen molar-refractivity contribution in [3.63, 3.8) is 0 Å². The summed E-state index contributed by atoms with van der Waals surface area (Å²) >= 11 is 0. The van der Waals surface area contributed by atoms with Crippen molar-refractivity contribution in [2.45, 2.75) is 32.1 Å². The lowest BCUT2D eigenvalue weighted by Gasteiger charge is -2.06. The molecule has 21 heavy (non-hydrogen) atoms. The molecule has 6 heteroatoms. The minimum absolute atomic E-state index is 0.0514. The molecule has 1 aromatic carbocycles.